The zero-order valence-corrected chi connectivity index (χ0v) is 16.9. The minimum atomic E-state index is -2.63. The van der Waals surface area contributed by atoms with Crippen LogP contribution in [-0.2, 0) is 0 Å². The summed E-state index contributed by atoms with van der Waals surface area (Å²) in [5.74, 6) is 0.107. The van der Waals surface area contributed by atoms with Crippen LogP contribution in [0.15, 0.2) is 115 Å². The molecule has 0 unspecified atom stereocenters. The maximum atomic E-state index is 12.6. The molecule has 0 saturated carbocycles. The monoisotopic (exact) mass is 382 g/mol. The summed E-state index contributed by atoms with van der Waals surface area (Å²) in [5, 5.41) is 4.98. The molecule has 0 amide bonds. The Balaban J connectivity index is 2.19. The molecule has 0 atom stereocenters. The molecule has 0 N–H and O–H groups in total. The SMILES string of the molecule is CC(=O)c1ccccc1[PH](c1ccccc1)(c1ccccc1)c1ccccc1. The standard InChI is InChI=1S/C26H23OP/c1-21(27)25-19-11-12-20-26(25)28(22-13-5-2-6-14-22,23-15-7-3-8-16-23)24-17-9-4-10-18-24/h2-20,28H,1H3. The molecule has 0 aliphatic heterocycles. The van der Waals surface area contributed by atoms with Crippen LogP contribution in [0.3, 0.4) is 0 Å². The van der Waals surface area contributed by atoms with Crippen molar-refractivity contribution in [3.8, 4) is 0 Å². The van der Waals surface area contributed by atoms with Gasteiger partial charge in [0.25, 0.3) is 0 Å². The van der Waals surface area contributed by atoms with Crippen LogP contribution in [-0.4, -0.2) is 5.78 Å². The molecule has 0 aliphatic carbocycles. The number of carbonyl (C=O) groups excluding carboxylic acids is 1. The van der Waals surface area contributed by atoms with Gasteiger partial charge in [0.2, 0.25) is 0 Å². The molecule has 4 aromatic rings. The molecule has 0 aromatic heterocycles. The summed E-state index contributed by atoms with van der Waals surface area (Å²) in [6.45, 7) is 1.67. The van der Waals surface area contributed by atoms with Gasteiger partial charge in [0.1, 0.15) is 0 Å². The van der Waals surface area contributed by atoms with Gasteiger partial charge in [-0.3, -0.25) is 0 Å². The first-order valence-corrected chi connectivity index (χ1v) is 11.5. The third-order valence-electron chi connectivity index (χ3n) is 5.33. The van der Waals surface area contributed by atoms with E-state index in [-0.39, 0.29) is 5.78 Å². The summed E-state index contributed by atoms with van der Waals surface area (Å²) >= 11 is 0. The van der Waals surface area contributed by atoms with Crippen LogP contribution in [0.4, 0.5) is 0 Å². The van der Waals surface area contributed by atoms with Gasteiger partial charge in [-0.2, -0.15) is 0 Å². The molecule has 4 rings (SSSR count). The van der Waals surface area contributed by atoms with E-state index in [1.165, 1.54) is 15.9 Å². The summed E-state index contributed by atoms with van der Waals surface area (Å²) in [6.07, 6.45) is 0. The molecule has 0 saturated heterocycles. The first-order valence-electron chi connectivity index (χ1n) is 9.51. The van der Waals surface area contributed by atoms with Gasteiger partial charge in [-0.15, -0.1) is 0 Å². The van der Waals surface area contributed by atoms with Gasteiger partial charge in [-0.25, -0.2) is 0 Å². The van der Waals surface area contributed by atoms with Crippen molar-refractivity contribution in [2.24, 2.45) is 0 Å². The molecule has 0 radical (unpaired) electrons. The van der Waals surface area contributed by atoms with Crippen molar-refractivity contribution in [1.29, 1.82) is 0 Å². The van der Waals surface area contributed by atoms with E-state index in [1.807, 2.05) is 12.1 Å². The Labute approximate surface area is 167 Å². The van der Waals surface area contributed by atoms with Crippen LogP contribution in [0.5, 0.6) is 0 Å². The Morgan fingerprint density at radius 2 is 0.893 bits per heavy atom. The second-order valence-electron chi connectivity index (χ2n) is 6.95. The summed E-state index contributed by atoms with van der Waals surface area (Å²) in [7, 11) is -2.63. The third kappa shape index (κ3) is 3.09. The van der Waals surface area contributed by atoms with Gasteiger partial charge in [-0.1, -0.05) is 0 Å². The summed E-state index contributed by atoms with van der Waals surface area (Å²) in [4.78, 5) is 12.6. The second-order valence-corrected chi connectivity index (χ2v) is 10.7. The van der Waals surface area contributed by atoms with Crippen LogP contribution in [0.1, 0.15) is 17.3 Å². The van der Waals surface area contributed by atoms with Crippen molar-refractivity contribution >= 4 is 34.3 Å². The molecule has 0 aliphatic rings. The Morgan fingerprint density at radius 3 is 1.29 bits per heavy atom. The number of Topliss-reactive ketones (excluding diaryl/α,β-unsaturated/α-hetero) is 1. The molecular formula is C26H23OP. The van der Waals surface area contributed by atoms with E-state index in [1.54, 1.807) is 6.92 Å². The fourth-order valence-electron chi connectivity index (χ4n) is 4.15. The van der Waals surface area contributed by atoms with E-state index < -0.39 is 7.26 Å². The quantitative estimate of drug-likeness (QED) is 0.373. The molecule has 0 heterocycles. The van der Waals surface area contributed by atoms with Crippen LogP contribution < -0.4 is 21.2 Å². The van der Waals surface area contributed by atoms with Gasteiger partial charge in [0.15, 0.2) is 0 Å². The summed E-state index contributed by atoms with van der Waals surface area (Å²) in [6, 6.07) is 40.1. The van der Waals surface area contributed by atoms with Gasteiger partial charge in [0.05, 0.1) is 0 Å². The van der Waals surface area contributed by atoms with E-state index in [0.717, 1.165) is 10.9 Å². The Morgan fingerprint density at radius 1 is 0.536 bits per heavy atom. The van der Waals surface area contributed by atoms with E-state index in [9.17, 15) is 4.79 Å². The topological polar surface area (TPSA) is 17.1 Å². The first-order chi connectivity index (χ1) is 13.7. The predicted octanol–water partition coefficient (Wildman–Crippen LogP) is 4.24. The van der Waals surface area contributed by atoms with Gasteiger partial charge >= 0.3 is 167 Å². The molecule has 0 spiro atoms. The Bertz CT molecular complexity index is 976. The third-order valence-corrected chi connectivity index (χ3v) is 10.2. The Kier molecular flexibility index (Phi) is 5.19. The van der Waals surface area contributed by atoms with E-state index in [4.69, 9.17) is 0 Å². The molecule has 0 fully saturated rings. The van der Waals surface area contributed by atoms with Gasteiger partial charge in [0, 0.05) is 0 Å². The van der Waals surface area contributed by atoms with Crippen molar-refractivity contribution < 1.29 is 4.79 Å². The fourth-order valence-corrected chi connectivity index (χ4v) is 9.17. The minimum absolute atomic E-state index is 0.107. The van der Waals surface area contributed by atoms with Crippen molar-refractivity contribution in [3.63, 3.8) is 0 Å². The number of carbonyl (C=O) groups is 1. The normalized spacial score (nSPS) is 11.8. The maximum absolute atomic E-state index is 12.6. The van der Waals surface area contributed by atoms with Crippen LogP contribution >= 0.6 is 7.26 Å². The Hall–Kier alpha value is -3.02. The number of rotatable bonds is 5. The van der Waals surface area contributed by atoms with E-state index in [0.29, 0.717) is 0 Å². The van der Waals surface area contributed by atoms with Crippen LogP contribution in [0.25, 0.3) is 0 Å². The average Bonchev–Trinajstić information content (AvgIpc) is 2.77. The number of benzene rings is 4. The van der Waals surface area contributed by atoms with Crippen molar-refractivity contribution in [3.05, 3.63) is 121 Å². The van der Waals surface area contributed by atoms with Crippen LogP contribution in [0.2, 0.25) is 0 Å². The number of hydrogen-bond acceptors (Lipinski definition) is 1. The molecular weight excluding hydrogens is 359 g/mol. The van der Waals surface area contributed by atoms with Crippen molar-refractivity contribution in [2.45, 2.75) is 6.92 Å². The first kappa shape index (κ1) is 18.3. The molecule has 2 heteroatoms. The summed E-state index contributed by atoms with van der Waals surface area (Å²) in [5.41, 5.74) is 0.811. The molecule has 0 bridgehead atoms. The summed E-state index contributed by atoms with van der Waals surface area (Å²) < 4.78 is 0. The van der Waals surface area contributed by atoms with Crippen LogP contribution in [0, 0.1) is 0 Å². The second kappa shape index (κ2) is 7.92. The van der Waals surface area contributed by atoms with E-state index >= 15 is 0 Å². The van der Waals surface area contributed by atoms with E-state index in [2.05, 4.69) is 103 Å². The number of hydrogen-bond donors (Lipinski definition) is 0. The van der Waals surface area contributed by atoms with Crippen molar-refractivity contribution in [1.82, 2.24) is 0 Å². The van der Waals surface area contributed by atoms with Crippen molar-refractivity contribution in [2.75, 3.05) is 0 Å². The average molecular weight is 382 g/mol. The van der Waals surface area contributed by atoms with Gasteiger partial charge < -0.3 is 0 Å². The van der Waals surface area contributed by atoms with Gasteiger partial charge in [-0.05, 0) is 0 Å². The number of ketones is 1. The molecule has 1 nitrogen and oxygen atoms in total. The zero-order valence-electron chi connectivity index (χ0n) is 15.9. The zero-order chi connectivity index (χ0) is 19.4. The molecule has 28 heavy (non-hydrogen) atoms. The fraction of sp³-hybridized carbons (Fsp3) is 0.0385. The molecule has 4 aromatic carbocycles. The molecule has 138 valence electrons. The predicted molar refractivity (Wildman–Crippen MR) is 123 cm³/mol.